The molecule has 0 aromatic heterocycles. The Morgan fingerprint density at radius 1 is 1.10 bits per heavy atom. The first kappa shape index (κ1) is 14.8. The molecule has 3 nitrogen and oxygen atoms in total. The molecule has 2 heterocycles. The third-order valence-electron chi connectivity index (χ3n) is 5.29. The van der Waals surface area contributed by atoms with Crippen LogP contribution in [0, 0.1) is 19.8 Å². The van der Waals surface area contributed by atoms with Crippen LogP contribution in [0.25, 0.3) is 0 Å². The summed E-state index contributed by atoms with van der Waals surface area (Å²) in [5.74, 6) is 0.157. The fourth-order valence-electron chi connectivity index (χ4n) is 3.92. The van der Waals surface area contributed by atoms with E-state index in [1.807, 2.05) is 32.0 Å². The van der Waals surface area contributed by atoms with E-state index in [-0.39, 0.29) is 22.2 Å². The van der Waals surface area contributed by atoms with E-state index in [0.29, 0.717) is 19.3 Å². The molecule has 2 aliphatic rings. The van der Waals surface area contributed by atoms with Crippen molar-refractivity contribution in [3.05, 3.63) is 34.9 Å². The number of carbonyl (C=O) groups excluding carboxylic acids is 1. The van der Waals surface area contributed by atoms with E-state index in [9.17, 15) is 13.2 Å². The van der Waals surface area contributed by atoms with Gasteiger partial charge in [-0.15, -0.1) is 0 Å². The lowest BCUT2D eigenvalue weighted by Crippen LogP contribution is -2.36. The summed E-state index contributed by atoms with van der Waals surface area (Å²) < 4.78 is 24.2. The molecule has 1 aromatic rings. The molecular weight excluding hydrogens is 284 g/mol. The van der Waals surface area contributed by atoms with Crippen molar-refractivity contribution in [1.29, 1.82) is 0 Å². The highest BCUT2D eigenvalue weighted by Gasteiger charge is 2.48. The van der Waals surface area contributed by atoms with E-state index in [1.165, 1.54) is 0 Å². The first-order chi connectivity index (χ1) is 9.89. The van der Waals surface area contributed by atoms with Crippen LogP contribution in [-0.4, -0.2) is 24.7 Å². The fourth-order valence-corrected chi connectivity index (χ4v) is 6.39. The van der Waals surface area contributed by atoms with Crippen LogP contribution in [0.2, 0.25) is 0 Å². The lowest BCUT2D eigenvalue weighted by Gasteiger charge is -2.27. The minimum atomic E-state index is -2.94. The minimum absolute atomic E-state index is 0.0648. The topological polar surface area (TPSA) is 51.2 Å². The second-order valence-electron chi connectivity index (χ2n) is 6.59. The van der Waals surface area contributed by atoms with Gasteiger partial charge in [0.2, 0.25) is 0 Å². The normalized spacial score (nSPS) is 30.3. The summed E-state index contributed by atoms with van der Waals surface area (Å²) >= 11 is 0. The van der Waals surface area contributed by atoms with Crippen molar-refractivity contribution in [1.82, 2.24) is 0 Å². The van der Waals surface area contributed by atoms with Crippen LogP contribution in [0.3, 0.4) is 0 Å². The zero-order valence-electron chi connectivity index (χ0n) is 12.6. The Balaban J connectivity index is 1.76. The van der Waals surface area contributed by atoms with E-state index in [1.54, 1.807) is 0 Å². The molecule has 2 atom stereocenters. The maximum absolute atomic E-state index is 12.6. The molecule has 2 unspecified atom stereocenters. The van der Waals surface area contributed by atoms with Crippen LogP contribution >= 0.6 is 0 Å². The molecule has 0 radical (unpaired) electrons. The molecule has 1 aromatic carbocycles. The van der Waals surface area contributed by atoms with E-state index in [2.05, 4.69) is 0 Å². The van der Waals surface area contributed by atoms with E-state index in [4.69, 9.17) is 0 Å². The molecule has 0 aliphatic carbocycles. The molecule has 0 saturated carbocycles. The number of benzene rings is 1. The number of aryl methyl sites for hydroxylation is 2. The molecule has 21 heavy (non-hydrogen) atoms. The molecule has 2 fully saturated rings. The van der Waals surface area contributed by atoms with Gasteiger partial charge in [0, 0.05) is 12.3 Å². The summed E-state index contributed by atoms with van der Waals surface area (Å²) in [6, 6.07) is 6.07. The molecule has 4 heteroatoms. The largest absolute Gasteiger partial charge is 0.299 e. The van der Waals surface area contributed by atoms with Crippen LogP contribution in [0.1, 0.15) is 42.4 Å². The van der Waals surface area contributed by atoms with Gasteiger partial charge in [-0.3, -0.25) is 4.79 Å². The van der Waals surface area contributed by atoms with Gasteiger partial charge in [0.1, 0.15) is 5.78 Å². The van der Waals surface area contributed by atoms with E-state index < -0.39 is 9.84 Å². The molecule has 2 aliphatic heterocycles. The monoisotopic (exact) mass is 306 g/mol. The highest BCUT2D eigenvalue weighted by atomic mass is 32.2. The van der Waals surface area contributed by atoms with Crippen LogP contribution in [0.15, 0.2) is 18.2 Å². The fraction of sp³-hybridized carbons (Fsp3) is 0.588. The van der Waals surface area contributed by atoms with Gasteiger partial charge in [0.15, 0.2) is 9.84 Å². The molecule has 0 N–H and O–H groups in total. The van der Waals surface area contributed by atoms with Gasteiger partial charge >= 0.3 is 0 Å². The van der Waals surface area contributed by atoms with Gasteiger partial charge in [-0.05, 0) is 56.2 Å². The Labute approximate surface area is 126 Å². The van der Waals surface area contributed by atoms with Gasteiger partial charge in [0.25, 0.3) is 0 Å². The smallest absolute Gasteiger partial charge is 0.156 e. The van der Waals surface area contributed by atoms with Crippen molar-refractivity contribution in [3.63, 3.8) is 0 Å². The quantitative estimate of drug-likeness (QED) is 0.863. The average Bonchev–Trinajstić information content (AvgIpc) is 2.63. The predicted octanol–water partition coefficient (Wildman–Crippen LogP) is 2.77. The zero-order valence-corrected chi connectivity index (χ0v) is 13.4. The second kappa shape index (κ2) is 5.24. The Hall–Kier alpha value is -1.16. The number of rotatable bonds is 3. The van der Waals surface area contributed by atoms with Crippen molar-refractivity contribution in [2.45, 2.75) is 56.5 Å². The zero-order chi connectivity index (χ0) is 15.2. The van der Waals surface area contributed by atoms with Gasteiger partial charge in [-0.1, -0.05) is 18.2 Å². The SMILES string of the molecule is Cc1cccc(C)c1CC(=O)C1CC2CCC(C1)S2(=O)=O. The van der Waals surface area contributed by atoms with E-state index in [0.717, 1.165) is 29.5 Å². The van der Waals surface area contributed by atoms with Crippen molar-refractivity contribution >= 4 is 15.6 Å². The Bertz CT molecular complexity index is 635. The second-order valence-corrected chi connectivity index (χ2v) is 9.10. The van der Waals surface area contributed by atoms with Crippen molar-refractivity contribution in [3.8, 4) is 0 Å². The van der Waals surface area contributed by atoms with Crippen molar-refractivity contribution in [2.75, 3.05) is 0 Å². The Morgan fingerprint density at radius 3 is 2.14 bits per heavy atom. The lowest BCUT2D eigenvalue weighted by molar-refractivity contribution is -0.122. The molecule has 2 bridgehead atoms. The van der Waals surface area contributed by atoms with Crippen molar-refractivity contribution in [2.24, 2.45) is 5.92 Å². The number of hydrogen-bond donors (Lipinski definition) is 0. The third kappa shape index (κ3) is 2.54. The van der Waals surface area contributed by atoms with Crippen LogP contribution in [0.5, 0.6) is 0 Å². The summed E-state index contributed by atoms with van der Waals surface area (Å²) in [4.78, 5) is 12.6. The lowest BCUT2D eigenvalue weighted by atomic mass is 9.88. The van der Waals surface area contributed by atoms with Crippen LogP contribution < -0.4 is 0 Å². The maximum atomic E-state index is 12.6. The molecule has 0 amide bonds. The van der Waals surface area contributed by atoms with Gasteiger partial charge in [0.05, 0.1) is 10.5 Å². The molecular formula is C17H22O3S. The number of Topliss-reactive ketones (excluding diaryl/α,β-unsaturated/α-hetero) is 1. The van der Waals surface area contributed by atoms with Gasteiger partial charge in [-0.2, -0.15) is 0 Å². The first-order valence-electron chi connectivity index (χ1n) is 7.70. The number of ketones is 1. The third-order valence-corrected chi connectivity index (χ3v) is 8.00. The highest BCUT2D eigenvalue weighted by molar-refractivity contribution is 7.93. The molecule has 3 rings (SSSR count). The maximum Gasteiger partial charge on any atom is 0.156 e. The summed E-state index contributed by atoms with van der Waals surface area (Å²) in [5.41, 5.74) is 3.41. The van der Waals surface area contributed by atoms with E-state index >= 15 is 0 Å². The Kier molecular flexibility index (Phi) is 3.68. The Morgan fingerprint density at radius 2 is 1.62 bits per heavy atom. The molecule has 0 spiro atoms. The van der Waals surface area contributed by atoms with Crippen LogP contribution in [0.4, 0.5) is 0 Å². The van der Waals surface area contributed by atoms with Crippen LogP contribution in [-0.2, 0) is 21.1 Å². The standard InChI is InChI=1S/C17H22O3S/c1-11-4-3-5-12(2)16(11)10-17(18)13-8-14-6-7-15(9-13)21(14,19)20/h3-5,13-15H,6-10H2,1-2H3. The average molecular weight is 306 g/mol. The summed E-state index contributed by atoms with van der Waals surface area (Å²) in [6.45, 7) is 4.06. The summed E-state index contributed by atoms with van der Waals surface area (Å²) in [7, 11) is -2.94. The summed E-state index contributed by atoms with van der Waals surface area (Å²) in [5, 5.41) is -0.522. The highest BCUT2D eigenvalue weighted by Crippen LogP contribution is 2.41. The predicted molar refractivity (Wildman–Crippen MR) is 83.1 cm³/mol. The number of fused-ring (bicyclic) bond motifs is 2. The molecule has 2 saturated heterocycles. The number of carbonyl (C=O) groups is 1. The summed E-state index contributed by atoms with van der Waals surface area (Å²) in [6.07, 6.45) is 3.04. The number of sulfone groups is 1. The molecule has 114 valence electrons. The first-order valence-corrected chi connectivity index (χ1v) is 9.31. The number of hydrogen-bond acceptors (Lipinski definition) is 3. The minimum Gasteiger partial charge on any atom is -0.299 e. The van der Waals surface area contributed by atoms with Crippen molar-refractivity contribution < 1.29 is 13.2 Å². The van der Waals surface area contributed by atoms with Gasteiger partial charge < -0.3 is 0 Å². The van der Waals surface area contributed by atoms with Gasteiger partial charge in [-0.25, -0.2) is 8.42 Å².